The minimum atomic E-state index is -0.197. The van der Waals surface area contributed by atoms with Gasteiger partial charge in [-0.15, -0.1) is 0 Å². The Kier molecular flexibility index (Phi) is 3.80. The highest BCUT2D eigenvalue weighted by Gasteiger charge is 2.36. The maximum Gasteiger partial charge on any atom is 0.272 e. The molecule has 6 nitrogen and oxygen atoms in total. The first-order valence-electron chi connectivity index (χ1n) is 8.39. The molecule has 2 aliphatic rings. The third kappa shape index (κ3) is 2.91. The predicted octanol–water partition coefficient (Wildman–Crippen LogP) is 1.63. The van der Waals surface area contributed by atoms with Gasteiger partial charge in [-0.2, -0.15) is 5.10 Å². The smallest absolute Gasteiger partial charge is 0.272 e. The lowest BCUT2D eigenvalue weighted by Gasteiger charge is -2.27. The number of benzene rings is 1. The Balaban J connectivity index is 1.46. The van der Waals surface area contributed by atoms with Crippen molar-refractivity contribution in [3.8, 4) is 0 Å². The average Bonchev–Trinajstić information content (AvgIpc) is 3.39. The van der Waals surface area contributed by atoms with Crippen LogP contribution < -0.4 is 5.32 Å². The number of aromatic nitrogens is 2. The summed E-state index contributed by atoms with van der Waals surface area (Å²) >= 11 is 0. The van der Waals surface area contributed by atoms with Gasteiger partial charge in [0.2, 0.25) is 5.91 Å². The fourth-order valence-electron chi connectivity index (χ4n) is 3.12. The number of nitrogens with zero attached hydrogens (tertiary/aromatic N) is 2. The Labute approximate surface area is 140 Å². The van der Waals surface area contributed by atoms with Crippen molar-refractivity contribution in [1.82, 2.24) is 20.4 Å². The Morgan fingerprint density at radius 1 is 1.25 bits per heavy atom. The summed E-state index contributed by atoms with van der Waals surface area (Å²) in [6.07, 6.45) is 2.72. The second-order valence-corrected chi connectivity index (χ2v) is 6.48. The van der Waals surface area contributed by atoms with Crippen LogP contribution in [0.3, 0.4) is 0 Å². The Bertz CT molecular complexity index is 765. The quantitative estimate of drug-likeness (QED) is 0.897. The number of aromatic amines is 1. The standard InChI is InChI=1S/C18H20N4O2/c23-17(19-10-12-4-2-1-3-5-12)16-14-11-22(18(24)13-6-7-13)9-8-15(14)20-21-16/h1-5,13H,6-11H2,(H,19,23)(H,20,21). The summed E-state index contributed by atoms with van der Waals surface area (Å²) < 4.78 is 0. The molecule has 1 aliphatic heterocycles. The van der Waals surface area contributed by atoms with Crippen LogP contribution >= 0.6 is 0 Å². The summed E-state index contributed by atoms with van der Waals surface area (Å²) in [6, 6.07) is 9.77. The molecule has 1 fully saturated rings. The third-order valence-corrected chi connectivity index (χ3v) is 4.68. The molecule has 0 unspecified atom stereocenters. The Morgan fingerprint density at radius 3 is 2.79 bits per heavy atom. The van der Waals surface area contributed by atoms with Gasteiger partial charge >= 0.3 is 0 Å². The second kappa shape index (κ2) is 6.11. The average molecular weight is 324 g/mol. The van der Waals surface area contributed by atoms with Gasteiger partial charge in [-0.3, -0.25) is 14.7 Å². The molecule has 0 saturated heterocycles. The van der Waals surface area contributed by atoms with Crippen LogP contribution in [-0.4, -0.2) is 33.5 Å². The molecule has 124 valence electrons. The van der Waals surface area contributed by atoms with Crippen molar-refractivity contribution in [2.24, 2.45) is 5.92 Å². The number of carbonyl (C=O) groups is 2. The molecule has 1 aromatic heterocycles. The lowest BCUT2D eigenvalue weighted by Crippen LogP contribution is -2.37. The van der Waals surface area contributed by atoms with Gasteiger partial charge in [-0.25, -0.2) is 0 Å². The van der Waals surface area contributed by atoms with Crippen molar-refractivity contribution in [3.05, 3.63) is 52.8 Å². The topological polar surface area (TPSA) is 78.1 Å². The van der Waals surface area contributed by atoms with E-state index >= 15 is 0 Å². The van der Waals surface area contributed by atoms with Gasteiger partial charge in [0.25, 0.3) is 5.91 Å². The van der Waals surface area contributed by atoms with Crippen LogP contribution in [0.1, 0.15) is 40.2 Å². The largest absolute Gasteiger partial charge is 0.347 e. The predicted molar refractivity (Wildman–Crippen MR) is 88.0 cm³/mol. The maximum atomic E-state index is 12.5. The fraction of sp³-hybridized carbons (Fsp3) is 0.389. The van der Waals surface area contributed by atoms with E-state index in [1.807, 2.05) is 35.2 Å². The normalized spacial score (nSPS) is 16.6. The van der Waals surface area contributed by atoms with E-state index in [9.17, 15) is 9.59 Å². The Hall–Kier alpha value is -2.63. The van der Waals surface area contributed by atoms with Crippen LogP contribution in [0.25, 0.3) is 0 Å². The first-order valence-corrected chi connectivity index (χ1v) is 8.39. The molecule has 24 heavy (non-hydrogen) atoms. The molecule has 2 N–H and O–H groups in total. The van der Waals surface area contributed by atoms with E-state index in [-0.39, 0.29) is 17.7 Å². The zero-order valence-corrected chi connectivity index (χ0v) is 13.4. The molecule has 0 radical (unpaired) electrons. The van der Waals surface area contributed by atoms with Crippen LogP contribution in [0.2, 0.25) is 0 Å². The number of hydrogen-bond acceptors (Lipinski definition) is 3. The molecule has 0 bridgehead atoms. The van der Waals surface area contributed by atoms with Crippen LogP contribution in [0.5, 0.6) is 0 Å². The number of fused-ring (bicyclic) bond motifs is 1. The van der Waals surface area contributed by atoms with Gasteiger partial charge in [0, 0.05) is 43.2 Å². The Morgan fingerprint density at radius 2 is 2.04 bits per heavy atom. The number of carbonyl (C=O) groups excluding carboxylic acids is 2. The highest BCUT2D eigenvalue weighted by atomic mass is 16.2. The third-order valence-electron chi connectivity index (χ3n) is 4.68. The van der Waals surface area contributed by atoms with E-state index in [0.29, 0.717) is 25.3 Å². The van der Waals surface area contributed by atoms with Crippen molar-refractivity contribution < 1.29 is 9.59 Å². The lowest BCUT2D eigenvalue weighted by atomic mass is 10.0. The molecule has 1 aromatic carbocycles. The minimum absolute atomic E-state index is 0.197. The highest BCUT2D eigenvalue weighted by Crippen LogP contribution is 2.33. The molecule has 2 amide bonds. The molecule has 1 saturated carbocycles. The van der Waals surface area contributed by atoms with E-state index < -0.39 is 0 Å². The fourth-order valence-corrected chi connectivity index (χ4v) is 3.12. The highest BCUT2D eigenvalue weighted by molar-refractivity contribution is 5.94. The monoisotopic (exact) mass is 324 g/mol. The molecule has 2 aromatic rings. The lowest BCUT2D eigenvalue weighted by molar-refractivity contribution is -0.133. The molecule has 0 spiro atoms. The number of H-pyrrole nitrogens is 1. The maximum absolute atomic E-state index is 12.5. The zero-order valence-electron chi connectivity index (χ0n) is 13.4. The molecular weight excluding hydrogens is 304 g/mol. The molecule has 1 aliphatic carbocycles. The van der Waals surface area contributed by atoms with Crippen molar-refractivity contribution in [3.63, 3.8) is 0 Å². The molecular formula is C18H20N4O2. The zero-order chi connectivity index (χ0) is 16.5. The molecule has 2 heterocycles. The second-order valence-electron chi connectivity index (χ2n) is 6.48. The molecule has 4 rings (SSSR count). The first kappa shape index (κ1) is 14.9. The van der Waals surface area contributed by atoms with Gasteiger partial charge in [0.05, 0.1) is 0 Å². The summed E-state index contributed by atoms with van der Waals surface area (Å²) in [5, 5.41) is 10.1. The molecule has 6 heteroatoms. The number of nitrogens with one attached hydrogen (secondary N) is 2. The summed E-state index contributed by atoms with van der Waals surface area (Å²) in [5.41, 5.74) is 3.29. The van der Waals surface area contributed by atoms with Crippen LogP contribution in [0.4, 0.5) is 0 Å². The summed E-state index contributed by atoms with van der Waals surface area (Å²) in [5.74, 6) is 0.225. The number of amides is 2. The summed E-state index contributed by atoms with van der Waals surface area (Å²) in [6.45, 7) is 1.65. The van der Waals surface area contributed by atoms with Gasteiger partial charge in [0.1, 0.15) is 0 Å². The van der Waals surface area contributed by atoms with Crippen molar-refractivity contribution in [2.45, 2.75) is 32.4 Å². The van der Waals surface area contributed by atoms with Crippen molar-refractivity contribution in [2.75, 3.05) is 6.54 Å². The van der Waals surface area contributed by atoms with Gasteiger partial charge in [-0.05, 0) is 18.4 Å². The van der Waals surface area contributed by atoms with E-state index in [1.54, 1.807) is 0 Å². The van der Waals surface area contributed by atoms with Crippen LogP contribution in [-0.2, 0) is 24.3 Å². The minimum Gasteiger partial charge on any atom is -0.347 e. The van der Waals surface area contributed by atoms with Gasteiger partial charge in [-0.1, -0.05) is 30.3 Å². The van der Waals surface area contributed by atoms with Crippen LogP contribution in [0.15, 0.2) is 30.3 Å². The van der Waals surface area contributed by atoms with Gasteiger partial charge < -0.3 is 10.2 Å². The van der Waals surface area contributed by atoms with E-state index in [2.05, 4.69) is 15.5 Å². The van der Waals surface area contributed by atoms with Gasteiger partial charge in [0.15, 0.2) is 5.69 Å². The van der Waals surface area contributed by atoms with E-state index in [1.165, 1.54) is 0 Å². The first-order chi connectivity index (χ1) is 11.7. The number of rotatable bonds is 4. The van der Waals surface area contributed by atoms with E-state index in [0.717, 1.165) is 36.1 Å². The summed E-state index contributed by atoms with van der Waals surface area (Å²) in [4.78, 5) is 26.6. The van der Waals surface area contributed by atoms with Crippen LogP contribution in [0, 0.1) is 5.92 Å². The van der Waals surface area contributed by atoms with Crippen molar-refractivity contribution in [1.29, 1.82) is 0 Å². The van der Waals surface area contributed by atoms with E-state index in [4.69, 9.17) is 0 Å². The number of hydrogen-bond donors (Lipinski definition) is 2. The molecule has 0 atom stereocenters. The summed E-state index contributed by atoms with van der Waals surface area (Å²) in [7, 11) is 0. The van der Waals surface area contributed by atoms with Crippen molar-refractivity contribution >= 4 is 11.8 Å². The SMILES string of the molecule is O=C(NCc1ccccc1)c1n[nH]c2c1CN(C(=O)C1CC1)CC2.